The Labute approximate surface area is 181 Å². The number of amides is 3. The zero-order valence-corrected chi connectivity index (χ0v) is 19.0. The highest BCUT2D eigenvalue weighted by Gasteiger charge is 2.18. The SMILES string of the molecule is CCNC(=O)CN1CCNCCN(CC(=O)NCC)CCN(CC(=O)NCC)CC1. The Balaban J connectivity index is 2.75. The third kappa shape index (κ3) is 12.1. The van der Waals surface area contributed by atoms with Crippen LogP contribution in [0.25, 0.3) is 0 Å². The van der Waals surface area contributed by atoms with E-state index in [1.54, 1.807) is 0 Å². The lowest BCUT2D eigenvalue weighted by molar-refractivity contribution is -0.124. The van der Waals surface area contributed by atoms with Crippen molar-refractivity contribution < 1.29 is 14.4 Å². The van der Waals surface area contributed by atoms with E-state index >= 15 is 0 Å². The van der Waals surface area contributed by atoms with E-state index in [1.807, 2.05) is 20.8 Å². The molecule has 0 atom stereocenters. The summed E-state index contributed by atoms with van der Waals surface area (Å²) in [5, 5.41) is 12.0. The molecule has 0 saturated carbocycles. The lowest BCUT2D eigenvalue weighted by atomic mass is 10.3. The molecular weight excluding hydrogens is 386 g/mol. The predicted molar refractivity (Wildman–Crippen MR) is 118 cm³/mol. The van der Waals surface area contributed by atoms with Crippen molar-refractivity contribution in [3.8, 4) is 0 Å². The normalized spacial score (nSPS) is 18.1. The summed E-state index contributed by atoms with van der Waals surface area (Å²) in [6, 6.07) is 0. The molecule has 0 aromatic rings. The van der Waals surface area contributed by atoms with Crippen molar-refractivity contribution in [1.82, 2.24) is 36.0 Å². The molecule has 10 nitrogen and oxygen atoms in total. The van der Waals surface area contributed by atoms with Gasteiger partial charge in [0.15, 0.2) is 0 Å². The van der Waals surface area contributed by atoms with E-state index in [0.29, 0.717) is 65.4 Å². The summed E-state index contributed by atoms with van der Waals surface area (Å²) < 4.78 is 0. The topological polar surface area (TPSA) is 109 Å². The molecule has 1 aliphatic rings. The summed E-state index contributed by atoms with van der Waals surface area (Å²) >= 11 is 0. The minimum Gasteiger partial charge on any atom is -0.355 e. The standard InChI is InChI=1S/C20H41N7O3/c1-4-22-18(28)15-25-9-7-21-8-10-26(16-19(29)23-5-2)12-14-27(13-11-25)17-20(30)24-6-3/h21H,4-17H2,1-3H3,(H,22,28)(H,23,29)(H,24,30). The van der Waals surface area contributed by atoms with Gasteiger partial charge in [-0.1, -0.05) is 0 Å². The second-order valence-electron chi connectivity index (χ2n) is 7.44. The fourth-order valence-electron chi connectivity index (χ4n) is 3.34. The molecule has 1 rings (SSSR count). The number of likely N-dealkylation sites (N-methyl/N-ethyl adjacent to an activating group) is 3. The quantitative estimate of drug-likeness (QED) is 0.334. The van der Waals surface area contributed by atoms with Gasteiger partial charge in [-0.05, 0) is 20.8 Å². The molecule has 1 aliphatic heterocycles. The first-order valence-electron chi connectivity index (χ1n) is 11.2. The predicted octanol–water partition coefficient (Wildman–Crippen LogP) is -2.10. The fourth-order valence-corrected chi connectivity index (χ4v) is 3.34. The molecule has 0 radical (unpaired) electrons. The number of hydrogen-bond acceptors (Lipinski definition) is 7. The smallest absolute Gasteiger partial charge is 0.234 e. The lowest BCUT2D eigenvalue weighted by Crippen LogP contribution is -2.49. The van der Waals surface area contributed by atoms with Gasteiger partial charge < -0.3 is 21.3 Å². The summed E-state index contributed by atoms with van der Waals surface area (Å²) in [6.45, 7) is 14.4. The van der Waals surface area contributed by atoms with E-state index in [1.165, 1.54) is 0 Å². The molecular formula is C20H41N7O3. The van der Waals surface area contributed by atoms with Crippen molar-refractivity contribution in [1.29, 1.82) is 0 Å². The van der Waals surface area contributed by atoms with Gasteiger partial charge in [0, 0.05) is 72.0 Å². The Morgan fingerprint density at radius 1 is 0.600 bits per heavy atom. The molecule has 0 bridgehead atoms. The number of rotatable bonds is 9. The van der Waals surface area contributed by atoms with Gasteiger partial charge in [0.05, 0.1) is 19.6 Å². The Hall–Kier alpha value is -1.75. The van der Waals surface area contributed by atoms with E-state index in [-0.39, 0.29) is 17.7 Å². The van der Waals surface area contributed by atoms with Gasteiger partial charge in [0.1, 0.15) is 0 Å². The van der Waals surface area contributed by atoms with Gasteiger partial charge in [-0.2, -0.15) is 0 Å². The number of hydrogen-bond donors (Lipinski definition) is 4. The summed E-state index contributed by atoms with van der Waals surface area (Å²) in [4.78, 5) is 42.6. The van der Waals surface area contributed by atoms with Crippen LogP contribution in [0, 0.1) is 0 Å². The third-order valence-electron chi connectivity index (χ3n) is 4.90. The molecule has 3 amide bonds. The van der Waals surface area contributed by atoms with Crippen LogP contribution in [0.3, 0.4) is 0 Å². The second-order valence-corrected chi connectivity index (χ2v) is 7.44. The van der Waals surface area contributed by atoms with E-state index < -0.39 is 0 Å². The molecule has 1 heterocycles. The molecule has 0 unspecified atom stereocenters. The summed E-state index contributed by atoms with van der Waals surface area (Å²) in [6.07, 6.45) is 0. The van der Waals surface area contributed by atoms with Crippen LogP contribution in [0.15, 0.2) is 0 Å². The van der Waals surface area contributed by atoms with Crippen molar-refractivity contribution in [2.24, 2.45) is 0 Å². The van der Waals surface area contributed by atoms with Crippen molar-refractivity contribution in [2.45, 2.75) is 20.8 Å². The van der Waals surface area contributed by atoms with E-state index in [0.717, 1.165) is 26.2 Å². The van der Waals surface area contributed by atoms with Crippen molar-refractivity contribution in [3.05, 3.63) is 0 Å². The number of nitrogens with one attached hydrogen (secondary N) is 4. The molecule has 174 valence electrons. The van der Waals surface area contributed by atoms with E-state index in [9.17, 15) is 14.4 Å². The molecule has 0 aromatic heterocycles. The third-order valence-corrected chi connectivity index (χ3v) is 4.90. The van der Waals surface area contributed by atoms with Gasteiger partial charge in [-0.15, -0.1) is 0 Å². The molecule has 0 spiro atoms. The molecule has 1 fully saturated rings. The largest absolute Gasteiger partial charge is 0.355 e. The molecule has 1 saturated heterocycles. The van der Waals surface area contributed by atoms with Crippen LogP contribution in [0.1, 0.15) is 20.8 Å². The lowest BCUT2D eigenvalue weighted by Gasteiger charge is -2.31. The van der Waals surface area contributed by atoms with Crippen molar-refractivity contribution in [2.75, 3.05) is 91.6 Å². The minimum absolute atomic E-state index is 0.00295. The van der Waals surface area contributed by atoms with E-state index in [4.69, 9.17) is 0 Å². The van der Waals surface area contributed by atoms with Gasteiger partial charge in [0.25, 0.3) is 0 Å². The highest BCUT2D eigenvalue weighted by atomic mass is 16.2. The first kappa shape index (κ1) is 26.3. The number of nitrogens with zero attached hydrogens (tertiary/aromatic N) is 3. The highest BCUT2D eigenvalue weighted by Crippen LogP contribution is 1.98. The van der Waals surface area contributed by atoms with Crippen LogP contribution in [-0.4, -0.2) is 124 Å². The maximum absolute atomic E-state index is 12.2. The van der Waals surface area contributed by atoms with Crippen LogP contribution in [-0.2, 0) is 14.4 Å². The summed E-state index contributed by atoms with van der Waals surface area (Å²) in [5.41, 5.74) is 0. The average molecular weight is 428 g/mol. The van der Waals surface area contributed by atoms with Crippen LogP contribution in [0.2, 0.25) is 0 Å². The first-order chi connectivity index (χ1) is 14.5. The Bertz CT molecular complexity index is 485. The molecule has 0 aliphatic carbocycles. The van der Waals surface area contributed by atoms with Gasteiger partial charge in [0.2, 0.25) is 17.7 Å². The van der Waals surface area contributed by atoms with Gasteiger partial charge in [-0.25, -0.2) is 0 Å². The zero-order chi connectivity index (χ0) is 22.2. The Morgan fingerprint density at radius 3 is 1.20 bits per heavy atom. The zero-order valence-electron chi connectivity index (χ0n) is 19.0. The number of carbonyl (C=O) groups is 3. The van der Waals surface area contributed by atoms with Crippen LogP contribution in [0.5, 0.6) is 0 Å². The van der Waals surface area contributed by atoms with E-state index in [2.05, 4.69) is 36.0 Å². The van der Waals surface area contributed by atoms with Crippen molar-refractivity contribution in [3.63, 3.8) is 0 Å². The van der Waals surface area contributed by atoms with Gasteiger partial charge in [-0.3, -0.25) is 29.1 Å². The summed E-state index contributed by atoms with van der Waals surface area (Å²) in [5.74, 6) is 0.0396. The van der Waals surface area contributed by atoms with Crippen LogP contribution in [0.4, 0.5) is 0 Å². The second kappa shape index (κ2) is 16.0. The number of carbonyl (C=O) groups excluding carboxylic acids is 3. The molecule has 30 heavy (non-hydrogen) atoms. The van der Waals surface area contributed by atoms with Crippen LogP contribution >= 0.6 is 0 Å². The molecule has 10 heteroatoms. The maximum Gasteiger partial charge on any atom is 0.234 e. The Kier molecular flexibility index (Phi) is 14.0. The highest BCUT2D eigenvalue weighted by molar-refractivity contribution is 5.78. The molecule has 0 aromatic carbocycles. The minimum atomic E-state index is -0.00295. The Morgan fingerprint density at radius 2 is 0.900 bits per heavy atom. The van der Waals surface area contributed by atoms with Crippen molar-refractivity contribution >= 4 is 17.7 Å². The molecule has 4 N–H and O–H groups in total. The summed E-state index contributed by atoms with van der Waals surface area (Å²) in [7, 11) is 0. The monoisotopic (exact) mass is 427 g/mol. The van der Waals surface area contributed by atoms with Crippen LogP contribution < -0.4 is 21.3 Å². The first-order valence-corrected chi connectivity index (χ1v) is 11.2. The average Bonchev–Trinajstić information content (AvgIpc) is 2.68. The fraction of sp³-hybridized carbons (Fsp3) is 0.850. The van der Waals surface area contributed by atoms with Gasteiger partial charge >= 0.3 is 0 Å². The maximum atomic E-state index is 12.2.